The number of benzene rings is 2. The zero-order valence-corrected chi connectivity index (χ0v) is 17.4. The third kappa shape index (κ3) is 3.45. The maximum Gasteiger partial charge on any atom is 0.232 e. The van der Waals surface area contributed by atoms with Gasteiger partial charge >= 0.3 is 0 Å². The number of para-hydroxylation sites is 1. The SMILES string of the molecule is COc1ccc([C@@H]2[C@@H](C(=O)Nc3ccccc3C)[C@@H](C)Nc3ncnn32)cc1OC. The van der Waals surface area contributed by atoms with E-state index in [1.165, 1.54) is 6.33 Å². The van der Waals surface area contributed by atoms with Crippen molar-refractivity contribution in [2.75, 3.05) is 24.9 Å². The van der Waals surface area contributed by atoms with Gasteiger partial charge in [-0.1, -0.05) is 24.3 Å². The second-order valence-corrected chi connectivity index (χ2v) is 7.35. The number of anilines is 2. The number of carbonyl (C=O) groups is 1. The molecule has 2 heterocycles. The molecule has 0 unspecified atom stereocenters. The molecule has 0 radical (unpaired) electrons. The monoisotopic (exact) mass is 407 g/mol. The summed E-state index contributed by atoms with van der Waals surface area (Å²) in [6, 6.07) is 12.9. The van der Waals surface area contributed by atoms with Gasteiger partial charge in [-0.15, -0.1) is 0 Å². The van der Waals surface area contributed by atoms with Gasteiger partial charge in [-0.25, -0.2) is 4.68 Å². The number of fused-ring (bicyclic) bond motifs is 1. The molecule has 0 saturated heterocycles. The van der Waals surface area contributed by atoms with E-state index in [2.05, 4.69) is 20.7 Å². The Morgan fingerprint density at radius 2 is 1.90 bits per heavy atom. The highest BCUT2D eigenvalue weighted by atomic mass is 16.5. The number of nitrogens with one attached hydrogen (secondary N) is 2. The third-order valence-corrected chi connectivity index (χ3v) is 5.53. The van der Waals surface area contributed by atoms with Crippen molar-refractivity contribution in [3.8, 4) is 11.5 Å². The lowest BCUT2D eigenvalue weighted by Gasteiger charge is -2.37. The van der Waals surface area contributed by atoms with Crippen LogP contribution in [0.25, 0.3) is 0 Å². The van der Waals surface area contributed by atoms with Crippen molar-refractivity contribution in [1.29, 1.82) is 0 Å². The standard InChI is InChI=1S/C22H25N5O3/c1-13-7-5-6-8-16(13)26-21(28)19-14(2)25-22-23-12-24-27(22)20(19)15-9-10-17(29-3)18(11-15)30-4/h5-12,14,19-20H,1-4H3,(H,26,28)(H,23,24,25)/t14-,19+,20-/m1/s1. The summed E-state index contributed by atoms with van der Waals surface area (Å²) in [4.78, 5) is 17.8. The first-order valence-electron chi connectivity index (χ1n) is 9.78. The maximum absolute atomic E-state index is 13.5. The molecule has 1 aliphatic rings. The topological polar surface area (TPSA) is 90.3 Å². The fraction of sp³-hybridized carbons (Fsp3) is 0.318. The Balaban J connectivity index is 1.76. The maximum atomic E-state index is 13.5. The number of amides is 1. The van der Waals surface area contributed by atoms with E-state index in [1.54, 1.807) is 18.9 Å². The molecule has 2 aromatic carbocycles. The Kier molecular flexibility index (Phi) is 5.31. The second-order valence-electron chi connectivity index (χ2n) is 7.35. The van der Waals surface area contributed by atoms with Gasteiger partial charge in [-0.3, -0.25) is 4.79 Å². The molecule has 0 spiro atoms. The molecular weight excluding hydrogens is 382 g/mol. The van der Waals surface area contributed by atoms with Crippen molar-refractivity contribution in [2.24, 2.45) is 5.92 Å². The van der Waals surface area contributed by atoms with Crippen LogP contribution in [-0.4, -0.2) is 40.9 Å². The highest BCUT2D eigenvalue weighted by Crippen LogP contribution is 2.39. The summed E-state index contributed by atoms with van der Waals surface area (Å²) < 4.78 is 12.6. The Bertz CT molecular complexity index is 1060. The number of aromatic nitrogens is 3. The molecule has 2 N–H and O–H groups in total. The fourth-order valence-corrected chi connectivity index (χ4v) is 3.96. The van der Waals surface area contributed by atoms with E-state index in [1.807, 2.05) is 56.3 Å². The molecule has 8 nitrogen and oxygen atoms in total. The number of methoxy groups -OCH3 is 2. The summed E-state index contributed by atoms with van der Waals surface area (Å²) >= 11 is 0. The Morgan fingerprint density at radius 3 is 2.63 bits per heavy atom. The average Bonchev–Trinajstić information content (AvgIpc) is 3.21. The van der Waals surface area contributed by atoms with Gasteiger partial charge in [0.1, 0.15) is 6.33 Å². The predicted molar refractivity (Wildman–Crippen MR) is 114 cm³/mol. The summed E-state index contributed by atoms with van der Waals surface area (Å²) in [7, 11) is 3.19. The van der Waals surface area contributed by atoms with E-state index in [-0.39, 0.29) is 18.0 Å². The van der Waals surface area contributed by atoms with Gasteiger partial charge in [-0.05, 0) is 43.2 Å². The highest BCUT2D eigenvalue weighted by Gasteiger charge is 2.41. The van der Waals surface area contributed by atoms with Crippen LogP contribution in [0.5, 0.6) is 11.5 Å². The van der Waals surface area contributed by atoms with Crippen molar-refractivity contribution in [1.82, 2.24) is 14.8 Å². The smallest absolute Gasteiger partial charge is 0.232 e. The number of hydrogen-bond donors (Lipinski definition) is 2. The molecule has 1 aromatic heterocycles. The summed E-state index contributed by atoms with van der Waals surface area (Å²) in [6.07, 6.45) is 1.49. The number of nitrogens with zero attached hydrogens (tertiary/aromatic N) is 3. The zero-order chi connectivity index (χ0) is 21.3. The summed E-state index contributed by atoms with van der Waals surface area (Å²) in [5.41, 5.74) is 2.69. The number of hydrogen-bond acceptors (Lipinski definition) is 6. The van der Waals surface area contributed by atoms with E-state index in [9.17, 15) is 4.79 Å². The molecule has 8 heteroatoms. The van der Waals surface area contributed by atoms with E-state index in [0.29, 0.717) is 17.4 Å². The number of rotatable bonds is 5. The minimum atomic E-state index is -0.433. The lowest BCUT2D eigenvalue weighted by Crippen LogP contribution is -2.46. The van der Waals surface area contributed by atoms with Gasteiger partial charge in [0.25, 0.3) is 0 Å². The highest BCUT2D eigenvalue weighted by molar-refractivity contribution is 5.94. The molecule has 3 atom stereocenters. The van der Waals surface area contributed by atoms with Crippen molar-refractivity contribution in [3.05, 3.63) is 59.9 Å². The third-order valence-electron chi connectivity index (χ3n) is 5.53. The van der Waals surface area contributed by atoms with Gasteiger partial charge < -0.3 is 20.1 Å². The van der Waals surface area contributed by atoms with Crippen LogP contribution in [0.3, 0.4) is 0 Å². The van der Waals surface area contributed by atoms with E-state index >= 15 is 0 Å². The molecule has 0 aliphatic carbocycles. The second kappa shape index (κ2) is 8.06. The number of ether oxygens (including phenoxy) is 2. The van der Waals surface area contributed by atoms with Crippen molar-refractivity contribution < 1.29 is 14.3 Å². The van der Waals surface area contributed by atoms with Crippen molar-refractivity contribution in [3.63, 3.8) is 0 Å². The average molecular weight is 407 g/mol. The first kappa shape index (κ1) is 19.8. The molecule has 30 heavy (non-hydrogen) atoms. The van der Waals surface area contributed by atoms with Crippen LogP contribution in [0.2, 0.25) is 0 Å². The van der Waals surface area contributed by atoms with Gasteiger partial charge in [-0.2, -0.15) is 10.1 Å². The van der Waals surface area contributed by atoms with Crippen LogP contribution < -0.4 is 20.1 Å². The fourth-order valence-electron chi connectivity index (χ4n) is 3.96. The van der Waals surface area contributed by atoms with Crippen LogP contribution in [-0.2, 0) is 4.79 Å². The number of aryl methyl sites for hydroxylation is 1. The first-order chi connectivity index (χ1) is 14.5. The van der Waals surface area contributed by atoms with E-state index < -0.39 is 5.92 Å². The minimum absolute atomic E-state index is 0.0924. The number of carbonyl (C=O) groups excluding carboxylic acids is 1. The molecule has 1 amide bonds. The normalized spacial score (nSPS) is 20.1. The molecule has 156 valence electrons. The lowest BCUT2D eigenvalue weighted by molar-refractivity contribution is -0.121. The van der Waals surface area contributed by atoms with Crippen LogP contribution in [0.4, 0.5) is 11.6 Å². The lowest BCUT2D eigenvalue weighted by atomic mass is 9.85. The van der Waals surface area contributed by atoms with Gasteiger partial charge in [0, 0.05) is 11.7 Å². The molecule has 3 aromatic rings. The van der Waals surface area contributed by atoms with Gasteiger partial charge in [0.15, 0.2) is 11.5 Å². The molecule has 0 bridgehead atoms. The van der Waals surface area contributed by atoms with Crippen molar-refractivity contribution >= 4 is 17.5 Å². The van der Waals surface area contributed by atoms with Crippen LogP contribution in [0.15, 0.2) is 48.8 Å². The molecular formula is C22H25N5O3. The van der Waals surface area contributed by atoms with Crippen LogP contribution in [0, 0.1) is 12.8 Å². The summed E-state index contributed by atoms with van der Waals surface area (Å²) in [5.74, 6) is 1.33. The van der Waals surface area contributed by atoms with Crippen LogP contribution in [0.1, 0.15) is 24.1 Å². The van der Waals surface area contributed by atoms with Crippen LogP contribution >= 0.6 is 0 Å². The Hall–Kier alpha value is -3.55. The molecule has 4 rings (SSSR count). The summed E-state index contributed by atoms with van der Waals surface area (Å²) in [5, 5.41) is 10.8. The van der Waals surface area contributed by atoms with E-state index in [4.69, 9.17) is 9.47 Å². The largest absolute Gasteiger partial charge is 0.493 e. The minimum Gasteiger partial charge on any atom is -0.493 e. The van der Waals surface area contributed by atoms with Gasteiger partial charge in [0.05, 0.1) is 26.2 Å². The quantitative estimate of drug-likeness (QED) is 0.675. The molecule has 0 fully saturated rings. The molecule has 0 saturated carbocycles. The summed E-state index contributed by atoms with van der Waals surface area (Å²) in [6.45, 7) is 3.95. The Morgan fingerprint density at radius 1 is 1.13 bits per heavy atom. The van der Waals surface area contributed by atoms with Gasteiger partial charge in [0.2, 0.25) is 11.9 Å². The Labute approximate surface area is 175 Å². The predicted octanol–water partition coefficient (Wildman–Crippen LogP) is 3.26. The van der Waals surface area contributed by atoms with E-state index in [0.717, 1.165) is 16.8 Å². The first-order valence-corrected chi connectivity index (χ1v) is 9.78. The van der Waals surface area contributed by atoms with Crippen molar-refractivity contribution in [2.45, 2.75) is 25.9 Å². The molecule has 1 aliphatic heterocycles. The zero-order valence-electron chi connectivity index (χ0n) is 17.4.